The highest BCUT2D eigenvalue weighted by molar-refractivity contribution is 5.92. The van der Waals surface area contributed by atoms with E-state index in [0.29, 0.717) is 18.2 Å². The lowest BCUT2D eigenvalue weighted by Gasteiger charge is -2.34. The summed E-state index contributed by atoms with van der Waals surface area (Å²) in [4.78, 5) is 28.9. The molecule has 9 nitrogen and oxygen atoms in total. The number of amides is 1. The van der Waals surface area contributed by atoms with Crippen LogP contribution >= 0.6 is 0 Å². The fraction of sp³-hybridized carbons (Fsp3) is 0.269. The molecule has 35 heavy (non-hydrogen) atoms. The summed E-state index contributed by atoms with van der Waals surface area (Å²) in [5.74, 6) is 1.18. The first-order valence-corrected chi connectivity index (χ1v) is 11.9. The van der Waals surface area contributed by atoms with Crippen LogP contribution in [0.15, 0.2) is 60.8 Å². The van der Waals surface area contributed by atoms with Crippen LogP contribution in [0.5, 0.6) is 0 Å². The highest BCUT2D eigenvalue weighted by Gasteiger charge is 2.14. The monoisotopic (exact) mass is 470 g/mol. The lowest BCUT2D eigenvalue weighted by Crippen LogP contribution is -2.44. The van der Waals surface area contributed by atoms with Crippen molar-refractivity contribution in [3.8, 4) is 0 Å². The van der Waals surface area contributed by atoms with Crippen molar-refractivity contribution in [2.45, 2.75) is 13.3 Å². The predicted octanol–water partition coefficient (Wildman–Crippen LogP) is 4.55. The zero-order valence-corrected chi connectivity index (χ0v) is 20.0. The van der Waals surface area contributed by atoms with Crippen LogP contribution in [0, 0.1) is 0 Å². The molecule has 0 spiro atoms. The van der Waals surface area contributed by atoms with E-state index in [1.54, 1.807) is 0 Å². The standard InChI is InChI=1S/C26H30N8O/c1-3-23(35)28-18-4-6-19(7-5-18)29-25-22-12-13-27-24(22)31-26(32-25)30-20-8-10-21(11-9-20)34-16-14-33(2)15-17-34/h4-13H,3,14-17H2,1-2H3,(H,28,35)(H3,27,29,30,31,32). The average molecular weight is 471 g/mol. The van der Waals surface area contributed by atoms with E-state index in [1.807, 2.05) is 43.5 Å². The summed E-state index contributed by atoms with van der Waals surface area (Å²) in [7, 11) is 2.16. The number of anilines is 6. The summed E-state index contributed by atoms with van der Waals surface area (Å²) < 4.78 is 0. The third-order valence-electron chi connectivity index (χ3n) is 6.16. The normalized spacial score (nSPS) is 14.2. The Hall–Kier alpha value is -4.11. The molecule has 0 radical (unpaired) electrons. The maximum absolute atomic E-state index is 11.6. The Morgan fingerprint density at radius 1 is 0.886 bits per heavy atom. The molecule has 0 aliphatic carbocycles. The van der Waals surface area contributed by atoms with Crippen LogP contribution in [0.4, 0.5) is 34.5 Å². The van der Waals surface area contributed by atoms with Gasteiger partial charge in [0.25, 0.3) is 0 Å². The number of nitrogens with zero attached hydrogens (tertiary/aromatic N) is 4. The molecular weight excluding hydrogens is 440 g/mol. The molecule has 4 aromatic rings. The van der Waals surface area contributed by atoms with Gasteiger partial charge in [0.2, 0.25) is 11.9 Å². The molecule has 0 bridgehead atoms. The lowest BCUT2D eigenvalue weighted by molar-refractivity contribution is -0.115. The topological polar surface area (TPSA) is 101 Å². The van der Waals surface area contributed by atoms with Gasteiger partial charge in [0.15, 0.2) is 0 Å². The number of carbonyl (C=O) groups is 1. The quantitative estimate of drug-likeness (QED) is 0.314. The van der Waals surface area contributed by atoms with Gasteiger partial charge in [-0.1, -0.05) is 6.92 Å². The Morgan fingerprint density at radius 3 is 2.26 bits per heavy atom. The summed E-state index contributed by atoms with van der Waals surface area (Å²) in [5.41, 5.74) is 4.52. The van der Waals surface area contributed by atoms with Crippen molar-refractivity contribution < 1.29 is 4.79 Å². The van der Waals surface area contributed by atoms with Gasteiger partial charge in [0.05, 0.1) is 5.39 Å². The molecule has 1 saturated heterocycles. The van der Waals surface area contributed by atoms with Crippen LogP contribution < -0.4 is 20.9 Å². The molecule has 4 N–H and O–H groups in total. The number of benzene rings is 2. The maximum Gasteiger partial charge on any atom is 0.231 e. The van der Waals surface area contributed by atoms with Crippen molar-refractivity contribution in [2.24, 2.45) is 0 Å². The van der Waals surface area contributed by atoms with E-state index in [2.05, 4.69) is 67.0 Å². The fourth-order valence-electron chi connectivity index (χ4n) is 4.06. The first-order valence-electron chi connectivity index (χ1n) is 11.9. The number of piperazine rings is 1. The van der Waals surface area contributed by atoms with Gasteiger partial charge >= 0.3 is 0 Å². The van der Waals surface area contributed by atoms with Crippen molar-refractivity contribution >= 4 is 51.5 Å². The number of hydrogen-bond acceptors (Lipinski definition) is 7. The van der Waals surface area contributed by atoms with Crippen LogP contribution in [0.2, 0.25) is 0 Å². The van der Waals surface area contributed by atoms with Crippen LogP contribution in [0.1, 0.15) is 13.3 Å². The minimum Gasteiger partial charge on any atom is -0.369 e. The van der Waals surface area contributed by atoms with Gasteiger partial charge in [-0.25, -0.2) is 0 Å². The molecule has 3 heterocycles. The molecule has 1 aliphatic rings. The summed E-state index contributed by atoms with van der Waals surface area (Å²) >= 11 is 0. The van der Waals surface area contributed by atoms with E-state index >= 15 is 0 Å². The molecular formula is C26H30N8O. The molecule has 180 valence electrons. The number of rotatable bonds is 7. The minimum atomic E-state index is -0.0113. The van der Waals surface area contributed by atoms with E-state index in [1.165, 1.54) is 5.69 Å². The van der Waals surface area contributed by atoms with Gasteiger partial charge in [-0.05, 0) is 61.6 Å². The van der Waals surface area contributed by atoms with Crippen LogP contribution in [0.3, 0.4) is 0 Å². The number of H-pyrrole nitrogens is 1. The average Bonchev–Trinajstić information content (AvgIpc) is 3.35. The van der Waals surface area contributed by atoms with Gasteiger partial charge in [-0.3, -0.25) is 4.79 Å². The zero-order chi connectivity index (χ0) is 24.2. The Kier molecular flexibility index (Phi) is 6.49. The lowest BCUT2D eigenvalue weighted by atomic mass is 10.2. The number of likely N-dealkylation sites (N-methyl/N-ethyl adjacent to an activating group) is 1. The summed E-state index contributed by atoms with van der Waals surface area (Å²) in [6, 6.07) is 17.9. The van der Waals surface area contributed by atoms with Gasteiger partial charge in [-0.2, -0.15) is 9.97 Å². The molecule has 0 unspecified atom stereocenters. The van der Waals surface area contributed by atoms with Crippen molar-refractivity contribution in [1.82, 2.24) is 19.9 Å². The number of aromatic nitrogens is 3. The summed E-state index contributed by atoms with van der Waals surface area (Å²) in [6.07, 6.45) is 2.29. The molecule has 1 amide bonds. The van der Waals surface area contributed by atoms with E-state index in [9.17, 15) is 4.79 Å². The molecule has 2 aromatic heterocycles. The zero-order valence-electron chi connectivity index (χ0n) is 20.0. The van der Waals surface area contributed by atoms with Crippen molar-refractivity contribution in [3.05, 3.63) is 60.8 Å². The second kappa shape index (κ2) is 10.0. The maximum atomic E-state index is 11.6. The Morgan fingerprint density at radius 2 is 1.54 bits per heavy atom. The third kappa shape index (κ3) is 5.36. The largest absolute Gasteiger partial charge is 0.369 e. The van der Waals surface area contributed by atoms with Crippen molar-refractivity contribution in [1.29, 1.82) is 0 Å². The van der Waals surface area contributed by atoms with Gasteiger partial charge in [-0.15, -0.1) is 0 Å². The molecule has 0 saturated carbocycles. The number of aromatic amines is 1. The van der Waals surface area contributed by atoms with Crippen molar-refractivity contribution in [2.75, 3.05) is 54.1 Å². The first-order chi connectivity index (χ1) is 17.1. The molecule has 9 heteroatoms. The fourth-order valence-corrected chi connectivity index (χ4v) is 4.06. The Labute approximate surface area is 204 Å². The number of nitrogens with one attached hydrogen (secondary N) is 4. The second-order valence-corrected chi connectivity index (χ2v) is 8.70. The van der Waals surface area contributed by atoms with E-state index < -0.39 is 0 Å². The van der Waals surface area contributed by atoms with Gasteiger partial charge < -0.3 is 30.7 Å². The predicted molar refractivity (Wildman–Crippen MR) is 142 cm³/mol. The second-order valence-electron chi connectivity index (χ2n) is 8.70. The Bertz CT molecular complexity index is 1290. The van der Waals surface area contributed by atoms with Gasteiger partial charge in [0.1, 0.15) is 11.5 Å². The molecule has 2 aromatic carbocycles. The minimum absolute atomic E-state index is 0.0113. The van der Waals surface area contributed by atoms with E-state index in [-0.39, 0.29) is 5.91 Å². The van der Waals surface area contributed by atoms with E-state index in [4.69, 9.17) is 4.98 Å². The highest BCUT2D eigenvalue weighted by Crippen LogP contribution is 2.27. The summed E-state index contributed by atoms with van der Waals surface area (Å²) in [6.45, 7) is 6.07. The third-order valence-corrected chi connectivity index (χ3v) is 6.16. The van der Waals surface area contributed by atoms with Gasteiger partial charge in [0, 0.05) is 61.5 Å². The molecule has 5 rings (SSSR count). The van der Waals surface area contributed by atoms with E-state index in [0.717, 1.165) is 54.3 Å². The molecule has 1 aliphatic heterocycles. The number of fused-ring (bicyclic) bond motifs is 1. The smallest absolute Gasteiger partial charge is 0.231 e. The van der Waals surface area contributed by atoms with Crippen LogP contribution in [0.25, 0.3) is 11.0 Å². The number of hydrogen-bond donors (Lipinski definition) is 4. The SMILES string of the molecule is CCC(=O)Nc1ccc(Nc2nc(Nc3ccc(N4CCN(C)CC4)cc3)nc3[nH]ccc23)cc1. The number of carbonyl (C=O) groups excluding carboxylic acids is 1. The van der Waals surface area contributed by atoms with Crippen LogP contribution in [-0.2, 0) is 4.79 Å². The highest BCUT2D eigenvalue weighted by atomic mass is 16.1. The van der Waals surface area contributed by atoms with Crippen molar-refractivity contribution in [3.63, 3.8) is 0 Å². The summed E-state index contributed by atoms with van der Waals surface area (Å²) in [5, 5.41) is 10.5. The van der Waals surface area contributed by atoms with Crippen LogP contribution in [-0.4, -0.2) is 59.0 Å². The molecule has 0 atom stereocenters. The Balaban J connectivity index is 1.31. The first kappa shape index (κ1) is 22.7. The molecule has 1 fully saturated rings.